The molecule has 0 aromatic rings. The zero-order valence-electron chi connectivity index (χ0n) is 5.22. The fraction of sp³-hybridized carbons (Fsp3) is 0.286. The maximum absolute atomic E-state index is 9.67. The van der Waals surface area contributed by atoms with E-state index in [0.29, 0.717) is 0 Å². The van der Waals surface area contributed by atoms with Crippen LogP contribution in [0.5, 0.6) is 0 Å². The van der Waals surface area contributed by atoms with E-state index in [1.54, 1.807) is 6.08 Å². The summed E-state index contributed by atoms with van der Waals surface area (Å²) in [6.45, 7) is 3.96. The highest BCUT2D eigenvalue weighted by Crippen LogP contribution is 1.86. The number of carbonyl (C=O) groups excluding carboxylic acids is 1. The van der Waals surface area contributed by atoms with Gasteiger partial charge in [0.25, 0.3) is 0 Å². The average molecular weight is 110 g/mol. The van der Waals surface area contributed by atoms with Gasteiger partial charge in [0, 0.05) is 0 Å². The molecule has 0 N–H and O–H groups in total. The van der Waals surface area contributed by atoms with Gasteiger partial charge in [-0.25, -0.2) is 0 Å². The SMILES string of the molecule is CC(C)=C/C=C/C=O. The largest absolute Gasteiger partial charge is 0.299 e. The second-order valence-electron chi connectivity index (χ2n) is 1.76. The lowest BCUT2D eigenvalue weighted by atomic mass is 10.3. The Morgan fingerprint density at radius 2 is 1.88 bits per heavy atom. The Bertz CT molecular complexity index is 116. The number of aldehydes is 1. The van der Waals surface area contributed by atoms with Crippen LogP contribution in [0.3, 0.4) is 0 Å². The highest BCUT2D eigenvalue weighted by atomic mass is 16.1. The molecule has 0 atom stereocenters. The van der Waals surface area contributed by atoms with Gasteiger partial charge in [0.05, 0.1) is 0 Å². The average Bonchev–Trinajstić information content (AvgIpc) is 1.66. The Labute approximate surface area is 49.7 Å². The van der Waals surface area contributed by atoms with Gasteiger partial charge in [-0.1, -0.05) is 17.7 Å². The molecule has 0 saturated carbocycles. The van der Waals surface area contributed by atoms with E-state index in [1.165, 1.54) is 11.6 Å². The highest BCUT2D eigenvalue weighted by molar-refractivity contribution is 5.65. The molecule has 0 rings (SSSR count). The number of hydrogen-bond acceptors (Lipinski definition) is 1. The molecule has 0 aliphatic heterocycles. The van der Waals surface area contributed by atoms with E-state index in [-0.39, 0.29) is 0 Å². The Kier molecular flexibility index (Phi) is 3.85. The van der Waals surface area contributed by atoms with E-state index in [9.17, 15) is 4.79 Å². The molecule has 0 unspecified atom stereocenters. The number of hydrogen-bond donors (Lipinski definition) is 0. The van der Waals surface area contributed by atoms with Crippen molar-refractivity contribution in [3.05, 3.63) is 23.8 Å². The van der Waals surface area contributed by atoms with Gasteiger partial charge in [-0.05, 0) is 19.9 Å². The summed E-state index contributed by atoms with van der Waals surface area (Å²) < 4.78 is 0. The van der Waals surface area contributed by atoms with Crippen LogP contribution in [0.1, 0.15) is 13.8 Å². The summed E-state index contributed by atoms with van der Waals surface area (Å²) in [6.07, 6.45) is 5.84. The summed E-state index contributed by atoms with van der Waals surface area (Å²) in [6, 6.07) is 0. The number of carbonyl (C=O) groups is 1. The standard InChI is InChI=1S/C7H10O/c1-7(2)5-3-4-6-8/h3-6H,1-2H3/b4-3+. The van der Waals surface area contributed by atoms with E-state index in [2.05, 4.69) is 0 Å². The van der Waals surface area contributed by atoms with Crippen LogP contribution >= 0.6 is 0 Å². The molecule has 0 aliphatic rings. The fourth-order valence-corrected chi connectivity index (χ4v) is 0.293. The molecule has 0 radical (unpaired) electrons. The molecule has 0 spiro atoms. The van der Waals surface area contributed by atoms with Crippen molar-refractivity contribution in [1.82, 2.24) is 0 Å². The van der Waals surface area contributed by atoms with Crippen molar-refractivity contribution in [2.75, 3.05) is 0 Å². The van der Waals surface area contributed by atoms with Gasteiger partial charge in [-0.15, -0.1) is 0 Å². The third-order valence-corrected chi connectivity index (χ3v) is 0.619. The monoisotopic (exact) mass is 110 g/mol. The minimum absolute atomic E-state index is 0.763. The molecule has 44 valence electrons. The highest BCUT2D eigenvalue weighted by Gasteiger charge is 1.67. The summed E-state index contributed by atoms with van der Waals surface area (Å²) in [5.74, 6) is 0. The Hall–Kier alpha value is -0.850. The summed E-state index contributed by atoms with van der Waals surface area (Å²) in [5, 5.41) is 0. The van der Waals surface area contributed by atoms with E-state index >= 15 is 0 Å². The molecular weight excluding hydrogens is 100 g/mol. The summed E-state index contributed by atoms with van der Waals surface area (Å²) in [7, 11) is 0. The Balaban J connectivity index is 3.57. The van der Waals surface area contributed by atoms with Gasteiger partial charge in [0.1, 0.15) is 6.29 Å². The second kappa shape index (κ2) is 4.31. The van der Waals surface area contributed by atoms with Crippen molar-refractivity contribution in [2.24, 2.45) is 0 Å². The van der Waals surface area contributed by atoms with E-state index < -0.39 is 0 Å². The Morgan fingerprint density at radius 3 is 2.25 bits per heavy atom. The van der Waals surface area contributed by atoms with Gasteiger partial charge >= 0.3 is 0 Å². The van der Waals surface area contributed by atoms with Crippen molar-refractivity contribution in [3.8, 4) is 0 Å². The minimum Gasteiger partial charge on any atom is -0.299 e. The quantitative estimate of drug-likeness (QED) is 0.300. The molecule has 8 heavy (non-hydrogen) atoms. The lowest BCUT2D eigenvalue weighted by Crippen LogP contribution is -1.60. The maximum atomic E-state index is 9.67. The number of allylic oxidation sites excluding steroid dienone is 4. The molecule has 0 bridgehead atoms. The zero-order valence-corrected chi connectivity index (χ0v) is 5.22. The van der Waals surface area contributed by atoms with Crippen LogP contribution < -0.4 is 0 Å². The molecule has 0 amide bonds. The van der Waals surface area contributed by atoms with E-state index in [4.69, 9.17) is 0 Å². The van der Waals surface area contributed by atoms with Crippen molar-refractivity contribution < 1.29 is 4.79 Å². The topological polar surface area (TPSA) is 17.1 Å². The van der Waals surface area contributed by atoms with Gasteiger partial charge in [0.2, 0.25) is 0 Å². The molecule has 0 aromatic carbocycles. The Morgan fingerprint density at radius 1 is 1.25 bits per heavy atom. The second-order valence-corrected chi connectivity index (χ2v) is 1.76. The molecular formula is C7H10O. The molecule has 0 aromatic heterocycles. The lowest BCUT2D eigenvalue weighted by molar-refractivity contribution is -0.104. The summed E-state index contributed by atoms with van der Waals surface area (Å²) in [5.41, 5.74) is 1.20. The van der Waals surface area contributed by atoms with Crippen molar-refractivity contribution in [1.29, 1.82) is 0 Å². The smallest absolute Gasteiger partial charge is 0.142 e. The van der Waals surface area contributed by atoms with Crippen LogP contribution in [0.25, 0.3) is 0 Å². The molecule has 0 aliphatic carbocycles. The molecule has 0 heterocycles. The maximum Gasteiger partial charge on any atom is 0.142 e. The third kappa shape index (κ3) is 5.15. The third-order valence-electron chi connectivity index (χ3n) is 0.619. The first-order valence-corrected chi connectivity index (χ1v) is 2.52. The minimum atomic E-state index is 0.763. The van der Waals surface area contributed by atoms with Crippen molar-refractivity contribution in [2.45, 2.75) is 13.8 Å². The normalized spacial score (nSPS) is 9.25. The molecule has 0 fully saturated rings. The van der Waals surface area contributed by atoms with Gasteiger partial charge in [-0.2, -0.15) is 0 Å². The van der Waals surface area contributed by atoms with Crippen LogP contribution in [-0.4, -0.2) is 6.29 Å². The van der Waals surface area contributed by atoms with Crippen LogP contribution in [-0.2, 0) is 4.79 Å². The van der Waals surface area contributed by atoms with Crippen LogP contribution in [0.15, 0.2) is 23.8 Å². The summed E-state index contributed by atoms with van der Waals surface area (Å²) >= 11 is 0. The molecule has 0 saturated heterocycles. The predicted octanol–water partition coefficient (Wildman–Crippen LogP) is 1.71. The van der Waals surface area contributed by atoms with Crippen molar-refractivity contribution >= 4 is 6.29 Å². The summed E-state index contributed by atoms with van der Waals surface area (Å²) in [4.78, 5) is 9.67. The first-order valence-electron chi connectivity index (χ1n) is 2.52. The van der Waals surface area contributed by atoms with Gasteiger partial charge < -0.3 is 0 Å². The lowest BCUT2D eigenvalue weighted by Gasteiger charge is -1.77. The molecule has 1 heteroatoms. The van der Waals surface area contributed by atoms with E-state index in [0.717, 1.165) is 6.29 Å². The zero-order chi connectivity index (χ0) is 6.41. The first-order chi connectivity index (χ1) is 3.77. The number of rotatable bonds is 2. The van der Waals surface area contributed by atoms with Gasteiger partial charge in [-0.3, -0.25) is 4.79 Å². The van der Waals surface area contributed by atoms with Crippen LogP contribution in [0, 0.1) is 0 Å². The predicted molar refractivity (Wildman–Crippen MR) is 34.6 cm³/mol. The van der Waals surface area contributed by atoms with Crippen molar-refractivity contribution in [3.63, 3.8) is 0 Å². The van der Waals surface area contributed by atoms with Gasteiger partial charge in [0.15, 0.2) is 0 Å². The fourth-order valence-electron chi connectivity index (χ4n) is 0.293. The van der Waals surface area contributed by atoms with Crippen LogP contribution in [0.4, 0.5) is 0 Å². The first kappa shape index (κ1) is 7.15. The van der Waals surface area contributed by atoms with Crippen LogP contribution in [0.2, 0.25) is 0 Å². The molecule has 1 nitrogen and oxygen atoms in total. The van der Waals surface area contributed by atoms with E-state index in [1.807, 2.05) is 19.9 Å².